The Balaban J connectivity index is 2.87. The summed E-state index contributed by atoms with van der Waals surface area (Å²) >= 11 is 0. The molecule has 0 bridgehead atoms. The summed E-state index contributed by atoms with van der Waals surface area (Å²) in [4.78, 5) is 0. The Labute approximate surface area is 73.2 Å². The number of rotatable bonds is 2. The monoisotopic (exact) mass is 184 g/mol. The normalized spacial score (nSPS) is 22.1. The minimum atomic E-state index is -2.83. The number of allylic oxidation sites excluding steroid dienone is 3. The Kier molecular flexibility index (Phi) is 2.52. The molecule has 0 aromatic rings. The van der Waals surface area contributed by atoms with Gasteiger partial charge in [-0.2, -0.15) is 0 Å². The summed E-state index contributed by atoms with van der Waals surface area (Å²) < 4.78 is 22.2. The second-order valence-corrected chi connectivity index (χ2v) is 5.00. The van der Waals surface area contributed by atoms with Crippen LogP contribution in [0.4, 0.5) is 0 Å². The van der Waals surface area contributed by atoms with Gasteiger partial charge in [-0.05, 0) is 12.5 Å². The van der Waals surface area contributed by atoms with Crippen LogP contribution in [0.1, 0.15) is 6.92 Å². The highest BCUT2D eigenvalue weighted by molar-refractivity contribution is 7.92. The van der Waals surface area contributed by atoms with Gasteiger partial charge >= 0.3 is 0 Å². The van der Waals surface area contributed by atoms with Crippen molar-refractivity contribution >= 4 is 9.84 Å². The van der Waals surface area contributed by atoms with E-state index in [1.165, 1.54) is 0 Å². The first-order valence-corrected chi connectivity index (χ1v) is 5.55. The van der Waals surface area contributed by atoms with Crippen LogP contribution in [0.3, 0.4) is 0 Å². The smallest absolute Gasteiger partial charge is 0.158 e. The summed E-state index contributed by atoms with van der Waals surface area (Å²) in [6.07, 6.45) is 5.22. The molecule has 0 saturated carbocycles. The molecule has 0 atom stereocenters. The summed E-state index contributed by atoms with van der Waals surface area (Å²) in [6.45, 7) is 5.38. The molecule has 1 heterocycles. The lowest BCUT2D eigenvalue weighted by molar-refractivity contribution is 0.603. The number of hydrogen-bond acceptors (Lipinski definition) is 2. The minimum absolute atomic E-state index is 0.184. The van der Waals surface area contributed by atoms with E-state index in [0.717, 1.165) is 11.1 Å². The molecule has 2 nitrogen and oxygen atoms in total. The Hall–Kier alpha value is -0.830. The lowest BCUT2D eigenvalue weighted by Gasteiger charge is -1.90. The van der Waals surface area contributed by atoms with Crippen LogP contribution in [-0.4, -0.2) is 19.9 Å². The van der Waals surface area contributed by atoms with Gasteiger partial charge in [0.15, 0.2) is 9.84 Å². The third-order valence-electron chi connectivity index (χ3n) is 1.79. The average Bonchev–Trinajstić information content (AvgIpc) is 2.20. The van der Waals surface area contributed by atoms with E-state index in [2.05, 4.69) is 6.58 Å². The molecule has 3 heteroatoms. The molecule has 0 radical (unpaired) electrons. The van der Waals surface area contributed by atoms with Gasteiger partial charge in [-0.15, -0.1) is 0 Å². The molecule has 1 rings (SSSR count). The van der Waals surface area contributed by atoms with Crippen molar-refractivity contribution in [1.82, 2.24) is 0 Å². The van der Waals surface area contributed by atoms with E-state index in [4.69, 9.17) is 0 Å². The Morgan fingerprint density at radius 2 is 2.08 bits per heavy atom. The van der Waals surface area contributed by atoms with Crippen LogP contribution in [0, 0.1) is 0 Å². The third kappa shape index (κ3) is 2.08. The van der Waals surface area contributed by atoms with E-state index in [1.807, 2.05) is 13.0 Å². The second-order valence-electron chi connectivity index (χ2n) is 2.93. The Morgan fingerprint density at radius 3 is 2.50 bits per heavy atom. The SMILES string of the molecule is C=C/C=C\C1=C(C)CS(=O)(=O)C1. The summed E-state index contributed by atoms with van der Waals surface area (Å²) in [5.41, 5.74) is 1.86. The lowest BCUT2D eigenvalue weighted by atomic mass is 10.2. The second kappa shape index (κ2) is 3.27. The van der Waals surface area contributed by atoms with E-state index in [0.29, 0.717) is 0 Å². The van der Waals surface area contributed by atoms with E-state index < -0.39 is 9.84 Å². The highest BCUT2D eigenvalue weighted by Crippen LogP contribution is 2.19. The fourth-order valence-corrected chi connectivity index (χ4v) is 2.97. The van der Waals surface area contributed by atoms with Crippen molar-refractivity contribution < 1.29 is 8.42 Å². The highest BCUT2D eigenvalue weighted by atomic mass is 32.2. The molecule has 12 heavy (non-hydrogen) atoms. The van der Waals surface area contributed by atoms with Crippen molar-refractivity contribution in [3.05, 3.63) is 36.0 Å². The van der Waals surface area contributed by atoms with Gasteiger partial charge in [0.25, 0.3) is 0 Å². The van der Waals surface area contributed by atoms with Crippen LogP contribution in [0.25, 0.3) is 0 Å². The predicted octanol–water partition coefficient (Wildman–Crippen LogP) is 1.47. The fraction of sp³-hybridized carbons (Fsp3) is 0.333. The lowest BCUT2D eigenvalue weighted by Crippen LogP contribution is -2.02. The van der Waals surface area contributed by atoms with Gasteiger partial charge < -0.3 is 0 Å². The molecule has 0 spiro atoms. The van der Waals surface area contributed by atoms with Crippen molar-refractivity contribution in [2.24, 2.45) is 0 Å². The van der Waals surface area contributed by atoms with Crippen LogP contribution in [0.15, 0.2) is 36.0 Å². The van der Waals surface area contributed by atoms with E-state index in [9.17, 15) is 8.42 Å². The number of hydrogen-bond donors (Lipinski definition) is 0. The molecule has 0 aliphatic carbocycles. The van der Waals surface area contributed by atoms with Gasteiger partial charge in [0.2, 0.25) is 0 Å². The molecule has 0 N–H and O–H groups in total. The van der Waals surface area contributed by atoms with Crippen LogP contribution < -0.4 is 0 Å². The number of sulfone groups is 1. The van der Waals surface area contributed by atoms with Crippen LogP contribution in [0.2, 0.25) is 0 Å². The van der Waals surface area contributed by atoms with E-state index in [1.54, 1.807) is 12.2 Å². The maximum atomic E-state index is 11.1. The Morgan fingerprint density at radius 1 is 1.42 bits per heavy atom. The van der Waals surface area contributed by atoms with Crippen LogP contribution in [-0.2, 0) is 9.84 Å². The molecular weight excluding hydrogens is 172 g/mol. The first-order valence-electron chi connectivity index (χ1n) is 3.73. The zero-order valence-electron chi connectivity index (χ0n) is 7.08. The molecule has 1 aliphatic heterocycles. The molecule has 0 saturated heterocycles. The predicted molar refractivity (Wildman–Crippen MR) is 50.7 cm³/mol. The zero-order valence-corrected chi connectivity index (χ0v) is 7.89. The van der Waals surface area contributed by atoms with Gasteiger partial charge in [0.1, 0.15) is 0 Å². The first kappa shape index (κ1) is 9.26. The van der Waals surface area contributed by atoms with Crippen LogP contribution >= 0.6 is 0 Å². The maximum Gasteiger partial charge on any atom is 0.158 e. The first-order chi connectivity index (χ1) is 5.55. The van der Waals surface area contributed by atoms with Gasteiger partial charge in [-0.25, -0.2) is 8.42 Å². The molecular formula is C9H12O2S. The molecule has 0 amide bonds. The van der Waals surface area contributed by atoms with Crippen molar-refractivity contribution in [3.63, 3.8) is 0 Å². The van der Waals surface area contributed by atoms with Crippen molar-refractivity contribution in [2.75, 3.05) is 11.5 Å². The largest absolute Gasteiger partial charge is 0.228 e. The van der Waals surface area contributed by atoms with Crippen molar-refractivity contribution in [1.29, 1.82) is 0 Å². The fourth-order valence-electron chi connectivity index (χ4n) is 1.21. The van der Waals surface area contributed by atoms with E-state index in [-0.39, 0.29) is 11.5 Å². The molecule has 66 valence electrons. The quantitative estimate of drug-likeness (QED) is 0.609. The van der Waals surface area contributed by atoms with Gasteiger partial charge in [-0.1, -0.05) is 30.4 Å². The van der Waals surface area contributed by atoms with Crippen molar-refractivity contribution in [2.45, 2.75) is 6.92 Å². The van der Waals surface area contributed by atoms with Crippen LogP contribution in [0.5, 0.6) is 0 Å². The summed E-state index contributed by atoms with van der Waals surface area (Å²) in [5, 5.41) is 0. The third-order valence-corrected chi connectivity index (χ3v) is 3.42. The standard InChI is InChI=1S/C9H12O2S/c1-3-4-5-9-7-12(10,11)6-8(9)2/h3-5H,1,6-7H2,2H3/b5-4-. The minimum Gasteiger partial charge on any atom is -0.228 e. The van der Waals surface area contributed by atoms with Gasteiger partial charge in [-0.3, -0.25) is 0 Å². The molecule has 1 aliphatic rings. The molecule has 0 aromatic carbocycles. The van der Waals surface area contributed by atoms with E-state index >= 15 is 0 Å². The maximum absolute atomic E-state index is 11.1. The summed E-state index contributed by atoms with van der Waals surface area (Å²) in [5.74, 6) is 0.396. The zero-order chi connectivity index (χ0) is 9.19. The van der Waals surface area contributed by atoms with Gasteiger partial charge in [0.05, 0.1) is 11.5 Å². The summed E-state index contributed by atoms with van der Waals surface area (Å²) in [7, 11) is -2.83. The summed E-state index contributed by atoms with van der Waals surface area (Å²) in [6, 6.07) is 0. The van der Waals surface area contributed by atoms with Crippen molar-refractivity contribution in [3.8, 4) is 0 Å². The topological polar surface area (TPSA) is 34.1 Å². The molecule has 0 unspecified atom stereocenters. The molecule has 0 fully saturated rings. The Bertz CT molecular complexity index is 345. The van der Waals surface area contributed by atoms with Gasteiger partial charge in [0, 0.05) is 0 Å². The highest BCUT2D eigenvalue weighted by Gasteiger charge is 2.22. The molecule has 0 aromatic heterocycles. The average molecular weight is 184 g/mol.